The van der Waals surface area contributed by atoms with Crippen LogP contribution in [-0.2, 0) is 16.4 Å². The van der Waals surface area contributed by atoms with Crippen LogP contribution in [0, 0.1) is 17.2 Å². The van der Waals surface area contributed by atoms with Crippen molar-refractivity contribution in [2.45, 2.75) is 24.2 Å². The van der Waals surface area contributed by atoms with Gasteiger partial charge in [-0.3, -0.25) is 4.79 Å². The van der Waals surface area contributed by atoms with Crippen LogP contribution in [0.5, 0.6) is 11.5 Å². The quantitative estimate of drug-likeness (QED) is 0.336. The number of piperidine rings is 1. The Morgan fingerprint density at radius 2 is 1.82 bits per heavy atom. The summed E-state index contributed by atoms with van der Waals surface area (Å²) in [5, 5.41) is 13.4. The normalized spacial score (nSPS) is 14.3. The van der Waals surface area contributed by atoms with E-state index < -0.39 is 10.0 Å². The van der Waals surface area contributed by atoms with Crippen LogP contribution in [0.2, 0.25) is 10.0 Å². The van der Waals surface area contributed by atoms with E-state index in [2.05, 4.69) is 5.32 Å². The molecule has 1 heterocycles. The number of halogens is 2. The summed E-state index contributed by atoms with van der Waals surface area (Å²) in [6.45, 7) is 1.38. The van der Waals surface area contributed by atoms with Gasteiger partial charge < -0.3 is 14.8 Å². The summed E-state index contributed by atoms with van der Waals surface area (Å²) in [6, 6.07) is 18.4. The van der Waals surface area contributed by atoms with Gasteiger partial charge in [0.2, 0.25) is 10.0 Å². The minimum Gasteiger partial charge on any atom is -0.493 e. The third-order valence-corrected chi connectivity index (χ3v) is 9.36. The van der Waals surface area contributed by atoms with E-state index in [1.165, 1.54) is 23.5 Å². The fourth-order valence-electron chi connectivity index (χ4n) is 4.54. The predicted molar refractivity (Wildman–Crippen MR) is 154 cm³/mol. The smallest absolute Gasteiger partial charge is 0.251 e. The lowest BCUT2D eigenvalue weighted by Gasteiger charge is -2.31. The third-order valence-electron chi connectivity index (χ3n) is 6.82. The summed E-state index contributed by atoms with van der Waals surface area (Å²) in [4.78, 5) is 12.9. The van der Waals surface area contributed by atoms with Gasteiger partial charge in [0.1, 0.15) is 6.07 Å². The molecule has 3 aromatic rings. The zero-order valence-electron chi connectivity index (χ0n) is 21.9. The molecule has 0 aromatic heterocycles. The van der Waals surface area contributed by atoms with Gasteiger partial charge in [0.05, 0.1) is 24.2 Å². The Balaban J connectivity index is 1.31. The van der Waals surface area contributed by atoms with Gasteiger partial charge in [-0.25, -0.2) is 8.42 Å². The molecule has 1 amide bonds. The van der Waals surface area contributed by atoms with Crippen molar-refractivity contribution in [1.82, 2.24) is 9.62 Å². The number of nitriles is 1. The summed E-state index contributed by atoms with van der Waals surface area (Å²) in [6.07, 6.45) is 1.74. The molecular formula is C29H29Cl2N3O5S. The summed E-state index contributed by atoms with van der Waals surface area (Å²) in [5.41, 5.74) is 1.45. The number of nitrogens with one attached hydrogen (secondary N) is 1. The zero-order chi connectivity index (χ0) is 28.7. The van der Waals surface area contributed by atoms with Gasteiger partial charge in [0, 0.05) is 41.7 Å². The highest BCUT2D eigenvalue weighted by Crippen LogP contribution is 2.29. The Bertz CT molecular complexity index is 1520. The highest BCUT2D eigenvalue weighted by Gasteiger charge is 2.31. The topological polar surface area (TPSA) is 109 Å². The van der Waals surface area contributed by atoms with Crippen LogP contribution in [0.3, 0.4) is 0 Å². The van der Waals surface area contributed by atoms with E-state index >= 15 is 0 Å². The van der Waals surface area contributed by atoms with E-state index in [1.807, 2.05) is 12.1 Å². The number of benzene rings is 3. The second-order valence-electron chi connectivity index (χ2n) is 9.37. The van der Waals surface area contributed by atoms with Crippen molar-refractivity contribution in [1.29, 1.82) is 5.26 Å². The maximum Gasteiger partial charge on any atom is 0.251 e. The lowest BCUT2D eigenvalue weighted by atomic mass is 9.98. The van der Waals surface area contributed by atoms with Gasteiger partial charge in [-0.05, 0) is 66.8 Å². The molecule has 0 bridgehead atoms. The molecule has 3 aromatic carbocycles. The molecule has 0 spiro atoms. The largest absolute Gasteiger partial charge is 0.493 e. The summed E-state index contributed by atoms with van der Waals surface area (Å²) in [5.74, 6) is 0.813. The molecule has 40 heavy (non-hydrogen) atoms. The number of hydrogen-bond acceptors (Lipinski definition) is 6. The highest BCUT2D eigenvalue weighted by molar-refractivity contribution is 7.89. The van der Waals surface area contributed by atoms with Crippen molar-refractivity contribution in [3.8, 4) is 17.6 Å². The second-order valence-corrected chi connectivity index (χ2v) is 12.1. The van der Waals surface area contributed by atoms with Crippen molar-refractivity contribution < 1.29 is 22.7 Å². The Morgan fingerprint density at radius 3 is 2.52 bits per heavy atom. The number of methoxy groups -OCH3 is 1. The number of amides is 1. The molecule has 0 unspecified atom stereocenters. The van der Waals surface area contributed by atoms with E-state index in [9.17, 15) is 18.5 Å². The number of nitrogens with zero attached hydrogens (tertiary/aromatic N) is 2. The summed E-state index contributed by atoms with van der Waals surface area (Å²) < 4.78 is 38.8. The van der Waals surface area contributed by atoms with E-state index in [0.717, 1.165) is 5.56 Å². The van der Waals surface area contributed by atoms with Crippen molar-refractivity contribution in [2.75, 3.05) is 33.4 Å². The van der Waals surface area contributed by atoms with Crippen LogP contribution in [0.4, 0.5) is 0 Å². The molecule has 1 N–H and O–H groups in total. The monoisotopic (exact) mass is 601 g/mol. The third kappa shape index (κ3) is 7.07. The first-order valence-electron chi connectivity index (χ1n) is 12.7. The van der Waals surface area contributed by atoms with Crippen LogP contribution in [-0.4, -0.2) is 52.0 Å². The average molecular weight is 603 g/mol. The minimum absolute atomic E-state index is 0.0260. The van der Waals surface area contributed by atoms with Gasteiger partial charge in [-0.2, -0.15) is 9.57 Å². The highest BCUT2D eigenvalue weighted by atomic mass is 35.5. The van der Waals surface area contributed by atoms with Crippen LogP contribution in [0.1, 0.15) is 34.3 Å². The van der Waals surface area contributed by atoms with E-state index in [-0.39, 0.29) is 22.3 Å². The second kappa shape index (κ2) is 13.4. The van der Waals surface area contributed by atoms with Crippen molar-refractivity contribution in [2.24, 2.45) is 5.92 Å². The van der Waals surface area contributed by atoms with Crippen LogP contribution in [0.25, 0.3) is 0 Å². The maximum atomic E-state index is 13.1. The molecule has 1 fully saturated rings. The fraction of sp³-hybridized carbons (Fsp3) is 0.310. The van der Waals surface area contributed by atoms with Crippen LogP contribution < -0.4 is 14.8 Å². The summed E-state index contributed by atoms with van der Waals surface area (Å²) in [7, 11) is -2.23. The zero-order valence-corrected chi connectivity index (χ0v) is 24.2. The van der Waals surface area contributed by atoms with Gasteiger partial charge in [-0.15, -0.1) is 0 Å². The molecular weight excluding hydrogens is 573 g/mol. The molecule has 4 rings (SSSR count). The lowest BCUT2D eigenvalue weighted by molar-refractivity contribution is 0.0941. The van der Waals surface area contributed by atoms with E-state index in [0.29, 0.717) is 72.6 Å². The first kappa shape index (κ1) is 29.7. The van der Waals surface area contributed by atoms with Crippen molar-refractivity contribution in [3.63, 3.8) is 0 Å². The molecule has 0 saturated carbocycles. The lowest BCUT2D eigenvalue weighted by Crippen LogP contribution is -2.41. The number of ether oxygens (including phenoxy) is 2. The number of rotatable bonds is 10. The Morgan fingerprint density at radius 1 is 1.07 bits per heavy atom. The van der Waals surface area contributed by atoms with Crippen molar-refractivity contribution in [3.05, 3.63) is 87.4 Å². The van der Waals surface area contributed by atoms with Gasteiger partial charge in [0.15, 0.2) is 11.5 Å². The maximum absolute atomic E-state index is 13.1. The Kier molecular flexibility index (Phi) is 9.93. The number of sulfonamides is 1. The summed E-state index contributed by atoms with van der Waals surface area (Å²) >= 11 is 12.2. The van der Waals surface area contributed by atoms with Crippen LogP contribution >= 0.6 is 23.2 Å². The van der Waals surface area contributed by atoms with Gasteiger partial charge in [-0.1, -0.05) is 41.4 Å². The van der Waals surface area contributed by atoms with Gasteiger partial charge >= 0.3 is 0 Å². The van der Waals surface area contributed by atoms with E-state index in [1.54, 1.807) is 42.5 Å². The molecule has 0 aliphatic carbocycles. The first-order chi connectivity index (χ1) is 19.2. The number of carbonyl (C=O) groups excluding carboxylic acids is 1. The fourth-order valence-corrected chi connectivity index (χ4v) is 6.66. The average Bonchev–Trinajstić information content (AvgIpc) is 2.97. The molecule has 8 nitrogen and oxygen atoms in total. The first-order valence-corrected chi connectivity index (χ1v) is 14.9. The molecule has 210 valence electrons. The van der Waals surface area contributed by atoms with E-state index in [4.69, 9.17) is 32.7 Å². The standard InChI is InChI=1S/C29H29Cl2N3O5S/c1-38-26-9-7-22(16-27(26)39-15-12-21-6-8-24(30)17-25(21)31)29(35)33-19-20-10-13-34(14-11-20)40(36,37)28-5-3-2-4-23(28)18-32/h2-9,16-17,20H,10-15,19H2,1H3,(H,33,35). The molecule has 0 radical (unpaired) electrons. The Hall–Kier alpha value is -3.29. The molecule has 1 aliphatic heterocycles. The number of hydrogen-bond donors (Lipinski definition) is 1. The molecule has 11 heteroatoms. The van der Waals surface area contributed by atoms with Crippen molar-refractivity contribution >= 4 is 39.1 Å². The molecule has 0 atom stereocenters. The van der Waals surface area contributed by atoms with Crippen LogP contribution in [0.15, 0.2) is 65.6 Å². The Labute approximate surface area is 244 Å². The number of carbonyl (C=O) groups is 1. The van der Waals surface area contributed by atoms with Gasteiger partial charge in [0.25, 0.3) is 5.91 Å². The molecule has 1 aliphatic rings. The minimum atomic E-state index is -3.76. The predicted octanol–water partition coefficient (Wildman–Crippen LogP) is 5.33. The SMILES string of the molecule is COc1ccc(C(=O)NCC2CCN(S(=O)(=O)c3ccccc3C#N)CC2)cc1OCCc1ccc(Cl)cc1Cl. The molecule has 1 saturated heterocycles.